The van der Waals surface area contributed by atoms with Crippen molar-refractivity contribution in [1.29, 1.82) is 0 Å². The van der Waals surface area contributed by atoms with E-state index in [0.29, 0.717) is 22.1 Å². The summed E-state index contributed by atoms with van der Waals surface area (Å²) in [4.78, 5) is 23.7. The van der Waals surface area contributed by atoms with Gasteiger partial charge in [-0.3, -0.25) is 4.79 Å². The number of esters is 1. The Morgan fingerprint density at radius 3 is 2.65 bits per heavy atom. The molecule has 0 bridgehead atoms. The lowest BCUT2D eigenvalue weighted by Crippen LogP contribution is -2.14. The molecule has 2 aromatic rings. The molecule has 0 saturated carbocycles. The molecule has 0 radical (unpaired) electrons. The fourth-order valence-electron chi connectivity index (χ4n) is 2.10. The Morgan fingerprint density at radius 2 is 1.96 bits per heavy atom. The third-order valence-electron chi connectivity index (χ3n) is 3.48. The second-order valence-electron chi connectivity index (χ2n) is 5.42. The lowest BCUT2D eigenvalue weighted by molar-refractivity contribution is -0.142. The Morgan fingerprint density at radius 1 is 1.19 bits per heavy atom. The third kappa shape index (κ3) is 6.07. The van der Waals surface area contributed by atoms with Crippen molar-refractivity contribution in [3.05, 3.63) is 53.8 Å². The molecule has 0 aliphatic carbocycles. The highest BCUT2D eigenvalue weighted by molar-refractivity contribution is 7.99. The molecule has 1 N–H and O–H groups in total. The number of ether oxygens (including phenoxy) is 2. The van der Waals surface area contributed by atoms with Crippen molar-refractivity contribution in [2.24, 2.45) is 0 Å². The van der Waals surface area contributed by atoms with Crippen LogP contribution in [0.25, 0.3) is 0 Å². The van der Waals surface area contributed by atoms with Crippen molar-refractivity contribution in [2.75, 3.05) is 24.8 Å². The van der Waals surface area contributed by atoms with Gasteiger partial charge in [0.2, 0.25) is 5.91 Å². The predicted molar refractivity (Wildman–Crippen MR) is 99.1 cm³/mol. The quantitative estimate of drug-likeness (QED) is 0.560. The molecule has 2 rings (SSSR count). The van der Waals surface area contributed by atoms with Gasteiger partial charge in [-0.05, 0) is 42.8 Å². The lowest BCUT2D eigenvalue weighted by atomic mass is 10.2. The van der Waals surface area contributed by atoms with Gasteiger partial charge in [-0.15, -0.1) is 11.8 Å². The number of methoxy groups -OCH3 is 1. The van der Waals surface area contributed by atoms with E-state index in [9.17, 15) is 14.0 Å². The first-order valence-corrected chi connectivity index (χ1v) is 8.95. The number of hydrogen-bond acceptors (Lipinski definition) is 5. The summed E-state index contributed by atoms with van der Waals surface area (Å²) in [6.07, 6.45) is 0.263. The van der Waals surface area contributed by atoms with Crippen molar-refractivity contribution >= 4 is 29.3 Å². The van der Waals surface area contributed by atoms with Gasteiger partial charge in [-0.2, -0.15) is 0 Å². The highest BCUT2D eigenvalue weighted by Gasteiger charge is 2.08. The summed E-state index contributed by atoms with van der Waals surface area (Å²) in [6.45, 7) is 1.66. The molecule has 138 valence electrons. The van der Waals surface area contributed by atoms with Crippen molar-refractivity contribution in [3.8, 4) is 5.75 Å². The number of nitrogens with one attached hydrogen (secondary N) is 1. The minimum Gasteiger partial charge on any atom is -0.482 e. The van der Waals surface area contributed by atoms with Crippen LogP contribution < -0.4 is 10.1 Å². The number of thioether (sulfide) groups is 1. The predicted octanol–water partition coefficient (Wildman–Crippen LogP) is 3.81. The van der Waals surface area contributed by atoms with Gasteiger partial charge in [0.1, 0.15) is 11.6 Å². The van der Waals surface area contributed by atoms with Gasteiger partial charge in [0.25, 0.3) is 0 Å². The van der Waals surface area contributed by atoms with Crippen LogP contribution in [-0.2, 0) is 14.3 Å². The third-order valence-corrected chi connectivity index (χ3v) is 4.53. The van der Waals surface area contributed by atoms with Gasteiger partial charge < -0.3 is 14.8 Å². The summed E-state index contributed by atoms with van der Waals surface area (Å²) in [6, 6.07) is 11.6. The van der Waals surface area contributed by atoms with Crippen LogP contribution in [0.15, 0.2) is 47.4 Å². The maximum atomic E-state index is 13.5. The molecule has 0 heterocycles. The summed E-state index contributed by atoms with van der Waals surface area (Å²) >= 11 is 1.30. The van der Waals surface area contributed by atoms with Gasteiger partial charge in [-0.25, -0.2) is 9.18 Å². The Balaban J connectivity index is 1.82. The smallest absolute Gasteiger partial charge is 0.343 e. The second-order valence-corrected chi connectivity index (χ2v) is 6.56. The van der Waals surface area contributed by atoms with E-state index in [2.05, 4.69) is 10.1 Å². The molecule has 0 aliphatic rings. The monoisotopic (exact) mass is 377 g/mol. The summed E-state index contributed by atoms with van der Waals surface area (Å²) in [5, 5.41) is 2.82. The summed E-state index contributed by atoms with van der Waals surface area (Å²) in [5.41, 5.74) is 1.47. The van der Waals surface area contributed by atoms with Gasteiger partial charge in [0, 0.05) is 22.8 Å². The van der Waals surface area contributed by atoms with Crippen molar-refractivity contribution in [3.63, 3.8) is 0 Å². The highest BCUT2D eigenvalue weighted by atomic mass is 32.2. The van der Waals surface area contributed by atoms with Crippen molar-refractivity contribution < 1.29 is 23.5 Å². The number of aryl methyl sites for hydroxylation is 1. The molecule has 5 nitrogen and oxygen atoms in total. The zero-order valence-electron chi connectivity index (χ0n) is 14.6. The van der Waals surface area contributed by atoms with E-state index in [1.807, 2.05) is 6.92 Å². The van der Waals surface area contributed by atoms with E-state index in [-0.39, 0.29) is 24.8 Å². The SMILES string of the molecule is COC(=O)COc1ccc(NC(=O)CCSc2ccccc2F)c(C)c1. The number of anilines is 1. The molecule has 0 spiro atoms. The van der Waals surface area contributed by atoms with Gasteiger partial charge in [0.05, 0.1) is 7.11 Å². The number of amides is 1. The van der Waals surface area contributed by atoms with Crippen LogP contribution >= 0.6 is 11.8 Å². The van der Waals surface area contributed by atoms with Crippen LogP contribution in [0.1, 0.15) is 12.0 Å². The normalized spacial score (nSPS) is 10.3. The molecule has 0 fully saturated rings. The molecule has 1 amide bonds. The minimum absolute atomic E-state index is 0.153. The first-order valence-electron chi connectivity index (χ1n) is 7.97. The number of rotatable bonds is 8. The first kappa shape index (κ1) is 19.8. The lowest BCUT2D eigenvalue weighted by Gasteiger charge is -2.11. The summed E-state index contributed by atoms with van der Waals surface area (Å²) in [7, 11) is 1.29. The standard InChI is InChI=1S/C19H20FNO4S/c1-13-11-14(25-12-19(23)24-2)7-8-16(13)21-18(22)9-10-26-17-6-4-3-5-15(17)20/h3-8,11H,9-10,12H2,1-2H3,(H,21,22). The summed E-state index contributed by atoms with van der Waals surface area (Å²) < 4.78 is 23.3. The van der Waals surface area contributed by atoms with Crippen molar-refractivity contribution in [2.45, 2.75) is 18.2 Å². The molecule has 0 aromatic heterocycles. The van der Waals surface area contributed by atoms with E-state index >= 15 is 0 Å². The van der Waals surface area contributed by atoms with Crippen LogP contribution in [0.5, 0.6) is 5.75 Å². The Kier molecular flexibility index (Phi) is 7.47. The molecule has 7 heteroatoms. The Bertz CT molecular complexity index is 782. The van der Waals surface area contributed by atoms with E-state index in [0.717, 1.165) is 5.56 Å². The maximum absolute atomic E-state index is 13.5. The van der Waals surface area contributed by atoms with E-state index in [4.69, 9.17) is 4.74 Å². The minimum atomic E-state index is -0.465. The molecule has 26 heavy (non-hydrogen) atoms. The largest absolute Gasteiger partial charge is 0.482 e. The van der Waals surface area contributed by atoms with Crippen LogP contribution in [0.2, 0.25) is 0 Å². The van der Waals surface area contributed by atoms with E-state index < -0.39 is 5.97 Å². The van der Waals surface area contributed by atoms with Gasteiger partial charge >= 0.3 is 5.97 Å². The molecule has 0 aliphatic heterocycles. The Hall–Kier alpha value is -2.54. The topological polar surface area (TPSA) is 64.6 Å². The molecule has 0 saturated heterocycles. The maximum Gasteiger partial charge on any atom is 0.343 e. The molecular formula is C19H20FNO4S. The van der Waals surface area contributed by atoms with Crippen LogP contribution in [0.3, 0.4) is 0 Å². The fraction of sp³-hybridized carbons (Fsp3) is 0.263. The van der Waals surface area contributed by atoms with Crippen LogP contribution in [0.4, 0.5) is 10.1 Å². The Labute approximate surface area is 155 Å². The number of hydrogen-bond donors (Lipinski definition) is 1. The summed E-state index contributed by atoms with van der Waals surface area (Å²) in [5.74, 6) is 0.0939. The first-order chi connectivity index (χ1) is 12.5. The number of halogens is 1. The molecule has 0 atom stereocenters. The average molecular weight is 377 g/mol. The van der Waals surface area contributed by atoms with Crippen LogP contribution in [-0.4, -0.2) is 31.3 Å². The number of carbonyl (C=O) groups excluding carboxylic acids is 2. The molecule has 2 aromatic carbocycles. The molecular weight excluding hydrogens is 357 g/mol. The van der Waals surface area contributed by atoms with E-state index in [1.54, 1.807) is 36.4 Å². The van der Waals surface area contributed by atoms with Gasteiger partial charge in [0.15, 0.2) is 6.61 Å². The number of carbonyl (C=O) groups is 2. The number of benzene rings is 2. The fourth-order valence-corrected chi connectivity index (χ4v) is 2.98. The zero-order chi connectivity index (χ0) is 18.9. The highest BCUT2D eigenvalue weighted by Crippen LogP contribution is 2.23. The average Bonchev–Trinajstić information content (AvgIpc) is 2.63. The van der Waals surface area contributed by atoms with E-state index in [1.165, 1.54) is 24.9 Å². The molecule has 0 unspecified atom stereocenters. The zero-order valence-corrected chi connectivity index (χ0v) is 15.4. The second kappa shape index (κ2) is 9.82. The van der Waals surface area contributed by atoms with Crippen molar-refractivity contribution in [1.82, 2.24) is 0 Å². The van der Waals surface area contributed by atoms with Gasteiger partial charge in [-0.1, -0.05) is 12.1 Å². The van der Waals surface area contributed by atoms with Crippen LogP contribution in [0, 0.1) is 12.7 Å².